The number of halogens is 1. The highest BCUT2D eigenvalue weighted by atomic mass is 35.5. The van der Waals surface area contributed by atoms with Crippen molar-refractivity contribution in [1.82, 2.24) is 5.32 Å². The first-order chi connectivity index (χ1) is 11.1. The molecule has 0 fully saturated rings. The van der Waals surface area contributed by atoms with Crippen molar-refractivity contribution in [1.29, 1.82) is 0 Å². The second-order valence-electron chi connectivity index (χ2n) is 5.70. The Morgan fingerprint density at radius 1 is 1.26 bits per heavy atom. The molecule has 23 heavy (non-hydrogen) atoms. The zero-order chi connectivity index (χ0) is 16.7. The highest BCUT2D eigenvalue weighted by Crippen LogP contribution is 2.19. The molecule has 0 aliphatic heterocycles. The molecule has 124 valence electrons. The number of amides is 1. The first-order valence-electron chi connectivity index (χ1n) is 7.98. The van der Waals surface area contributed by atoms with E-state index in [-0.39, 0.29) is 5.91 Å². The van der Waals surface area contributed by atoms with Crippen molar-refractivity contribution in [3.05, 3.63) is 46.5 Å². The number of rotatable bonds is 6. The summed E-state index contributed by atoms with van der Waals surface area (Å²) < 4.78 is 5.17. The van der Waals surface area contributed by atoms with Crippen LogP contribution in [0.15, 0.2) is 35.9 Å². The zero-order valence-electron chi connectivity index (χ0n) is 13.3. The fourth-order valence-electron chi connectivity index (χ4n) is 2.49. The predicted molar refractivity (Wildman–Crippen MR) is 90.5 cm³/mol. The molecule has 0 heterocycles. The molecule has 1 aliphatic carbocycles. The average Bonchev–Trinajstić information content (AvgIpc) is 2.56. The summed E-state index contributed by atoms with van der Waals surface area (Å²) in [5.41, 5.74) is 1.78. The second-order valence-corrected chi connectivity index (χ2v) is 6.14. The fourth-order valence-corrected chi connectivity index (χ4v) is 2.62. The Morgan fingerprint density at radius 3 is 2.65 bits per heavy atom. The van der Waals surface area contributed by atoms with E-state index < -0.39 is 12.1 Å². The summed E-state index contributed by atoms with van der Waals surface area (Å²) in [5.74, 6) is -0.803. The van der Waals surface area contributed by atoms with Gasteiger partial charge >= 0.3 is 5.97 Å². The standard InChI is InChI=1S/C18H22ClNO3/c1-13(23-18(22)15-7-9-16(19)10-8-15)17(21)20-12-11-14-5-3-2-4-6-14/h5,7-10,13H,2-4,6,11-12H2,1H3,(H,20,21)/t13-/m1/s1. The molecular formula is C18H22ClNO3. The molecule has 5 heteroatoms. The molecule has 0 unspecified atom stereocenters. The fraction of sp³-hybridized carbons (Fsp3) is 0.444. The molecule has 0 bridgehead atoms. The van der Waals surface area contributed by atoms with Crippen LogP contribution in [0.25, 0.3) is 0 Å². The number of hydrogen-bond donors (Lipinski definition) is 1. The molecule has 1 N–H and O–H groups in total. The van der Waals surface area contributed by atoms with Gasteiger partial charge in [0.1, 0.15) is 0 Å². The van der Waals surface area contributed by atoms with Crippen LogP contribution in [0.4, 0.5) is 0 Å². The monoisotopic (exact) mass is 335 g/mol. The van der Waals surface area contributed by atoms with Crippen LogP contribution in [0.2, 0.25) is 5.02 Å². The molecule has 0 saturated heterocycles. The molecule has 1 amide bonds. The van der Waals surface area contributed by atoms with Gasteiger partial charge in [0.05, 0.1) is 5.56 Å². The van der Waals surface area contributed by atoms with Crippen LogP contribution >= 0.6 is 11.6 Å². The lowest BCUT2D eigenvalue weighted by molar-refractivity contribution is -0.129. The quantitative estimate of drug-likeness (QED) is 0.633. The van der Waals surface area contributed by atoms with Gasteiger partial charge in [0.15, 0.2) is 6.10 Å². The maximum atomic E-state index is 12.0. The van der Waals surface area contributed by atoms with Crippen LogP contribution in [0, 0.1) is 0 Å². The van der Waals surface area contributed by atoms with Crippen LogP contribution in [-0.2, 0) is 9.53 Å². The first kappa shape index (κ1) is 17.5. The van der Waals surface area contributed by atoms with Gasteiger partial charge in [-0.05, 0) is 63.3 Å². The van der Waals surface area contributed by atoms with Gasteiger partial charge in [-0.1, -0.05) is 23.3 Å². The van der Waals surface area contributed by atoms with Crippen molar-refractivity contribution in [2.24, 2.45) is 0 Å². The van der Waals surface area contributed by atoms with Crippen molar-refractivity contribution >= 4 is 23.5 Å². The molecule has 0 radical (unpaired) electrons. The van der Waals surface area contributed by atoms with Crippen molar-refractivity contribution in [3.63, 3.8) is 0 Å². The summed E-state index contributed by atoms with van der Waals surface area (Å²) >= 11 is 5.77. The minimum atomic E-state index is -0.821. The highest BCUT2D eigenvalue weighted by Gasteiger charge is 2.18. The van der Waals surface area contributed by atoms with E-state index in [1.165, 1.54) is 18.4 Å². The third-order valence-corrected chi connectivity index (χ3v) is 4.12. The van der Waals surface area contributed by atoms with Gasteiger partial charge in [0.25, 0.3) is 5.91 Å². The van der Waals surface area contributed by atoms with Crippen molar-refractivity contribution < 1.29 is 14.3 Å². The third kappa shape index (κ3) is 5.71. The molecule has 0 saturated carbocycles. The van der Waals surface area contributed by atoms with Gasteiger partial charge in [-0.2, -0.15) is 0 Å². The maximum absolute atomic E-state index is 12.0. The number of allylic oxidation sites excluding steroid dienone is 1. The van der Waals surface area contributed by atoms with Crippen LogP contribution in [0.1, 0.15) is 49.4 Å². The van der Waals surface area contributed by atoms with Crippen molar-refractivity contribution in [2.75, 3.05) is 6.54 Å². The van der Waals surface area contributed by atoms with Gasteiger partial charge in [-0.15, -0.1) is 0 Å². The number of nitrogens with one attached hydrogen (secondary N) is 1. The Morgan fingerprint density at radius 2 is 2.00 bits per heavy atom. The minimum Gasteiger partial charge on any atom is -0.449 e. The molecule has 0 aromatic heterocycles. The van der Waals surface area contributed by atoms with Gasteiger partial charge in [0, 0.05) is 11.6 Å². The van der Waals surface area contributed by atoms with E-state index in [0.717, 1.165) is 19.3 Å². The molecule has 1 atom stereocenters. The molecule has 4 nitrogen and oxygen atoms in total. The normalized spacial score (nSPS) is 15.5. The second kappa shape index (κ2) is 8.73. The number of carbonyl (C=O) groups excluding carboxylic acids is 2. The largest absolute Gasteiger partial charge is 0.449 e. The van der Waals surface area contributed by atoms with E-state index in [1.807, 2.05) is 0 Å². The smallest absolute Gasteiger partial charge is 0.338 e. The number of hydrogen-bond acceptors (Lipinski definition) is 3. The molecule has 1 aliphatic rings. The lowest BCUT2D eigenvalue weighted by Gasteiger charge is -2.15. The Hall–Kier alpha value is -1.81. The van der Waals surface area contributed by atoms with Crippen LogP contribution < -0.4 is 5.32 Å². The number of benzene rings is 1. The third-order valence-electron chi connectivity index (χ3n) is 3.86. The van der Waals surface area contributed by atoms with E-state index in [1.54, 1.807) is 31.2 Å². The summed E-state index contributed by atoms with van der Waals surface area (Å²) in [4.78, 5) is 23.9. The summed E-state index contributed by atoms with van der Waals surface area (Å²) in [7, 11) is 0. The number of carbonyl (C=O) groups is 2. The summed E-state index contributed by atoms with van der Waals surface area (Å²) in [6, 6.07) is 6.37. The van der Waals surface area contributed by atoms with Gasteiger partial charge < -0.3 is 10.1 Å². The SMILES string of the molecule is C[C@@H](OC(=O)c1ccc(Cl)cc1)C(=O)NCCC1=CCCCC1. The van der Waals surface area contributed by atoms with E-state index in [4.69, 9.17) is 16.3 Å². The lowest BCUT2D eigenvalue weighted by atomic mass is 9.97. The Kier molecular flexibility index (Phi) is 6.66. The predicted octanol–water partition coefficient (Wildman–Crippen LogP) is 3.89. The van der Waals surface area contributed by atoms with E-state index in [2.05, 4.69) is 11.4 Å². The molecular weight excluding hydrogens is 314 g/mol. The first-order valence-corrected chi connectivity index (χ1v) is 8.36. The Balaban J connectivity index is 1.74. The van der Waals surface area contributed by atoms with Gasteiger partial charge in [0.2, 0.25) is 0 Å². The van der Waals surface area contributed by atoms with Crippen LogP contribution in [-0.4, -0.2) is 24.5 Å². The van der Waals surface area contributed by atoms with Crippen molar-refractivity contribution in [2.45, 2.75) is 45.1 Å². The van der Waals surface area contributed by atoms with Crippen molar-refractivity contribution in [3.8, 4) is 0 Å². The maximum Gasteiger partial charge on any atom is 0.338 e. The number of ether oxygens (including phenoxy) is 1. The minimum absolute atomic E-state index is 0.274. The average molecular weight is 336 g/mol. The zero-order valence-corrected chi connectivity index (χ0v) is 14.1. The molecule has 2 rings (SSSR count). The van der Waals surface area contributed by atoms with Crippen LogP contribution in [0.5, 0.6) is 0 Å². The Bertz CT molecular complexity index is 580. The van der Waals surface area contributed by atoms with E-state index in [0.29, 0.717) is 17.1 Å². The molecule has 1 aromatic carbocycles. The summed E-state index contributed by atoms with van der Waals surface area (Å²) in [6.07, 6.45) is 7.06. The van der Waals surface area contributed by atoms with E-state index >= 15 is 0 Å². The van der Waals surface area contributed by atoms with Gasteiger partial charge in [-0.25, -0.2) is 4.79 Å². The summed E-state index contributed by atoms with van der Waals surface area (Å²) in [6.45, 7) is 2.15. The summed E-state index contributed by atoms with van der Waals surface area (Å²) in [5, 5.41) is 3.36. The van der Waals surface area contributed by atoms with Crippen LogP contribution in [0.3, 0.4) is 0 Å². The number of esters is 1. The molecule has 0 spiro atoms. The van der Waals surface area contributed by atoms with Gasteiger partial charge in [-0.3, -0.25) is 4.79 Å². The lowest BCUT2D eigenvalue weighted by Crippen LogP contribution is -2.36. The molecule has 1 aromatic rings. The van der Waals surface area contributed by atoms with E-state index in [9.17, 15) is 9.59 Å². The topological polar surface area (TPSA) is 55.4 Å². The highest BCUT2D eigenvalue weighted by molar-refractivity contribution is 6.30. The Labute approximate surface area is 141 Å².